The van der Waals surface area contributed by atoms with E-state index < -0.39 is 7.82 Å². The highest BCUT2D eigenvalue weighted by atomic mass is 31.2. The predicted octanol–water partition coefficient (Wildman–Crippen LogP) is 3.43. The first-order valence-electron chi connectivity index (χ1n) is 7.47. The van der Waals surface area contributed by atoms with Crippen molar-refractivity contribution in [3.05, 3.63) is 60.7 Å². The van der Waals surface area contributed by atoms with Crippen molar-refractivity contribution in [3.8, 4) is 11.5 Å². The van der Waals surface area contributed by atoms with Crippen LogP contribution < -0.4 is 9.05 Å². The van der Waals surface area contributed by atoms with Gasteiger partial charge in [-0.1, -0.05) is 48.5 Å². The largest absolute Gasteiger partial charge is 0.587 e. The summed E-state index contributed by atoms with van der Waals surface area (Å²) >= 11 is 0. The Morgan fingerprint density at radius 1 is 0.957 bits per heavy atom. The molecule has 23 heavy (non-hydrogen) atoms. The fourth-order valence-electron chi connectivity index (χ4n) is 2.17. The molecule has 8 heteroatoms. The van der Waals surface area contributed by atoms with E-state index in [0.717, 1.165) is 6.32 Å². The van der Waals surface area contributed by atoms with E-state index >= 15 is 0 Å². The number of hydrogen-bond donors (Lipinski definition) is 0. The molecule has 0 amide bonds. The summed E-state index contributed by atoms with van der Waals surface area (Å²) in [5, 5.41) is 0. The molecule has 0 unspecified atom stereocenters. The average molecular weight is 323 g/mol. The highest BCUT2D eigenvalue weighted by Crippen LogP contribution is 2.50. The molecule has 1 saturated heterocycles. The Morgan fingerprint density at radius 2 is 1.52 bits per heavy atom. The van der Waals surface area contributed by atoms with E-state index in [2.05, 4.69) is 7.17 Å². The van der Waals surface area contributed by atoms with Gasteiger partial charge in [-0.05, 0) is 24.3 Å². The first kappa shape index (κ1) is 16.3. The van der Waals surface area contributed by atoms with Crippen molar-refractivity contribution in [2.45, 2.75) is 12.1 Å². The van der Waals surface area contributed by atoms with Crippen LogP contribution in [0.4, 0.5) is 0 Å². The van der Waals surface area contributed by atoms with Gasteiger partial charge in [-0.2, -0.15) is 0 Å². The van der Waals surface area contributed by atoms with E-state index in [1.807, 2.05) is 26.4 Å². The van der Waals surface area contributed by atoms with Crippen LogP contribution in [0.2, 0.25) is 12.1 Å². The van der Waals surface area contributed by atoms with Gasteiger partial charge in [-0.15, -0.1) is 0 Å². The maximum Gasteiger partial charge on any atom is 0.587 e. The van der Waals surface area contributed by atoms with E-state index in [-0.39, 0.29) is 12.4 Å². The Balaban J connectivity index is 1.72. The first-order valence-corrected chi connectivity index (χ1v) is 8.93. The van der Waals surface area contributed by atoms with Crippen LogP contribution in [0.1, 0.15) is 0 Å². The van der Waals surface area contributed by atoms with Crippen LogP contribution in [0, 0.1) is 0 Å². The van der Waals surface area contributed by atoms with E-state index in [0.29, 0.717) is 11.5 Å². The predicted molar refractivity (Wildman–Crippen MR) is 93.5 cm³/mol. The summed E-state index contributed by atoms with van der Waals surface area (Å²) < 4.78 is 29.7. The van der Waals surface area contributed by atoms with Gasteiger partial charge >= 0.3 is 7.82 Å². The molecule has 1 fully saturated rings. The molecule has 1 aliphatic rings. The smallest absolute Gasteiger partial charge is 0.395 e. The number of hydrogen-bond acceptors (Lipinski definition) is 4. The molecule has 1 aliphatic heterocycles. The molecule has 0 bridgehead atoms. The van der Waals surface area contributed by atoms with Crippen molar-refractivity contribution in [2.75, 3.05) is 6.61 Å². The number of para-hydroxylation sites is 2. The molecular formula is C15H15B3O4P. The highest BCUT2D eigenvalue weighted by molar-refractivity contribution is 7.49. The zero-order valence-electron chi connectivity index (χ0n) is 12.6. The zero-order valence-corrected chi connectivity index (χ0v) is 13.5. The molecule has 0 N–H and O–H groups in total. The van der Waals surface area contributed by atoms with Crippen molar-refractivity contribution in [1.29, 1.82) is 0 Å². The summed E-state index contributed by atoms with van der Waals surface area (Å²) in [5.74, 6) is 1.09. The van der Waals surface area contributed by atoms with Crippen molar-refractivity contribution < 1.29 is 18.1 Å². The van der Waals surface area contributed by atoms with Crippen molar-refractivity contribution in [3.63, 3.8) is 0 Å². The normalized spacial score (nSPS) is 16.8. The van der Waals surface area contributed by atoms with Gasteiger partial charge in [0.25, 0.3) is 0 Å². The number of phosphoric acid groups is 1. The van der Waals surface area contributed by atoms with Crippen molar-refractivity contribution in [1.82, 2.24) is 0 Å². The fourth-order valence-corrected chi connectivity index (χ4v) is 3.45. The summed E-state index contributed by atoms with van der Waals surface area (Å²) in [4.78, 5) is 0. The molecule has 2 aromatic carbocycles. The maximum atomic E-state index is 13.0. The standard InChI is InChI=1S/C15H15B3O4P/c19-23(20-12-13-11-16-18-17-13,21-14-7-3-1-4-8-14)22-15-9-5-2-6-10-15/h1-10,13H,11-12H2/t13-/m0/s1. The van der Waals surface area contributed by atoms with E-state index in [1.165, 1.54) is 0 Å². The number of rotatable bonds is 7. The SMILES string of the molecule is O=P(OC[C@H]1[B][B][B]C1)(Oc1ccccc1)Oc1ccccc1. The molecule has 2 aromatic rings. The molecule has 0 saturated carbocycles. The second-order valence-corrected chi connectivity index (χ2v) is 6.69. The van der Waals surface area contributed by atoms with Crippen LogP contribution in [0.15, 0.2) is 60.7 Å². The lowest BCUT2D eigenvalue weighted by molar-refractivity contribution is 0.210. The zero-order chi connectivity index (χ0) is 16.0. The molecule has 3 radical (unpaired) electrons. The molecule has 1 atom stereocenters. The summed E-state index contributed by atoms with van der Waals surface area (Å²) in [6, 6.07) is 17.8. The van der Waals surface area contributed by atoms with Crippen LogP contribution in [0.25, 0.3) is 0 Å². The number of phosphoric ester groups is 1. The summed E-state index contributed by atoms with van der Waals surface area (Å²) in [7, 11) is 2.29. The quantitative estimate of drug-likeness (QED) is 0.578. The van der Waals surface area contributed by atoms with Gasteiger partial charge in [0, 0.05) is 7.06 Å². The summed E-state index contributed by atoms with van der Waals surface area (Å²) in [5.41, 5.74) is 0. The van der Waals surface area contributed by atoms with Gasteiger partial charge in [0.1, 0.15) is 11.5 Å². The lowest BCUT2D eigenvalue weighted by atomic mass is 9.25. The van der Waals surface area contributed by atoms with Gasteiger partial charge in [0.15, 0.2) is 0 Å². The molecule has 0 spiro atoms. The van der Waals surface area contributed by atoms with Crippen molar-refractivity contribution >= 4 is 29.2 Å². The van der Waals surface area contributed by atoms with E-state index in [4.69, 9.17) is 13.6 Å². The van der Waals surface area contributed by atoms with E-state index in [9.17, 15) is 4.57 Å². The third-order valence-corrected chi connectivity index (χ3v) is 4.66. The monoisotopic (exact) mass is 323 g/mol. The summed E-state index contributed by atoms with van der Waals surface area (Å²) in [6.07, 6.45) is 0.872. The Hall–Kier alpha value is -1.58. The van der Waals surface area contributed by atoms with Gasteiger partial charge in [-0.25, -0.2) is 4.57 Å². The van der Waals surface area contributed by atoms with Crippen LogP contribution in [0.3, 0.4) is 0 Å². The minimum atomic E-state index is -3.76. The maximum absolute atomic E-state index is 13.0. The van der Waals surface area contributed by atoms with Crippen LogP contribution in [-0.4, -0.2) is 28.0 Å². The van der Waals surface area contributed by atoms with Gasteiger partial charge in [0.05, 0.1) is 20.9 Å². The molecular weight excluding hydrogens is 308 g/mol. The lowest BCUT2D eigenvalue weighted by Crippen LogP contribution is -2.11. The Morgan fingerprint density at radius 3 is 2.00 bits per heavy atom. The van der Waals surface area contributed by atoms with Gasteiger partial charge in [-0.3, -0.25) is 4.52 Å². The third-order valence-electron chi connectivity index (χ3n) is 3.33. The lowest BCUT2D eigenvalue weighted by Gasteiger charge is -2.20. The molecule has 4 nitrogen and oxygen atoms in total. The molecule has 3 rings (SSSR count). The highest BCUT2D eigenvalue weighted by Gasteiger charge is 2.32. The molecule has 113 valence electrons. The molecule has 0 aromatic heterocycles. The first-order chi connectivity index (χ1) is 11.2. The summed E-state index contributed by atoms with van der Waals surface area (Å²) in [6.45, 7) is 0.282. The van der Waals surface area contributed by atoms with Gasteiger partial charge in [0.2, 0.25) is 0 Å². The minimum absolute atomic E-state index is 0.196. The van der Waals surface area contributed by atoms with E-state index in [1.54, 1.807) is 48.5 Å². The Kier molecular flexibility index (Phi) is 5.53. The van der Waals surface area contributed by atoms with Crippen LogP contribution in [-0.2, 0) is 9.09 Å². The fraction of sp³-hybridized carbons (Fsp3) is 0.200. The molecule has 1 heterocycles. The van der Waals surface area contributed by atoms with Crippen LogP contribution >= 0.6 is 7.82 Å². The Labute approximate surface area is 138 Å². The third kappa shape index (κ3) is 4.95. The second-order valence-electron chi connectivity index (χ2n) is 5.17. The molecule has 0 aliphatic carbocycles. The average Bonchev–Trinajstić information content (AvgIpc) is 3.08. The number of benzene rings is 2. The topological polar surface area (TPSA) is 44.8 Å². The van der Waals surface area contributed by atoms with Crippen molar-refractivity contribution in [2.24, 2.45) is 0 Å². The minimum Gasteiger partial charge on any atom is -0.395 e. The van der Waals surface area contributed by atoms with Crippen LogP contribution in [0.5, 0.6) is 11.5 Å². The second kappa shape index (κ2) is 7.80. The van der Waals surface area contributed by atoms with Gasteiger partial charge < -0.3 is 9.05 Å². The Bertz CT molecular complexity index is 605.